The zero-order valence-corrected chi connectivity index (χ0v) is 11.5. The Kier molecular flexibility index (Phi) is 3.84. The molecule has 0 aliphatic heterocycles. The lowest BCUT2D eigenvalue weighted by molar-refractivity contribution is -0.115. The average molecular weight is 268 g/mol. The van der Waals surface area contributed by atoms with Gasteiger partial charge in [0, 0.05) is 18.2 Å². The van der Waals surface area contributed by atoms with Gasteiger partial charge in [0.1, 0.15) is 0 Å². The summed E-state index contributed by atoms with van der Waals surface area (Å²) in [5, 5.41) is 0. The normalized spacial score (nSPS) is 10.1. The minimum Gasteiger partial charge on any atom is -0.399 e. The van der Waals surface area contributed by atoms with Gasteiger partial charge in [0.2, 0.25) is 5.91 Å². The molecule has 0 radical (unpaired) electrons. The lowest BCUT2D eigenvalue weighted by atomic mass is 10.1. The summed E-state index contributed by atoms with van der Waals surface area (Å²) in [6, 6.07) is 13.7. The van der Waals surface area contributed by atoms with Crippen LogP contribution in [0.3, 0.4) is 0 Å². The molecule has 0 fully saturated rings. The first-order valence-electron chi connectivity index (χ1n) is 6.26. The van der Waals surface area contributed by atoms with E-state index in [-0.39, 0.29) is 11.8 Å². The fraction of sp³-hybridized carbons (Fsp3) is 0.125. The summed E-state index contributed by atoms with van der Waals surface area (Å²) in [5.74, 6) is -0.678. The lowest BCUT2D eigenvalue weighted by Gasteiger charge is -2.19. The van der Waals surface area contributed by atoms with Crippen molar-refractivity contribution in [3.63, 3.8) is 0 Å². The molecule has 4 nitrogen and oxygen atoms in total. The molecule has 0 aliphatic carbocycles. The zero-order chi connectivity index (χ0) is 14.7. The number of carbonyl (C=O) groups is 2. The highest BCUT2D eigenvalue weighted by Gasteiger charge is 2.21. The number of amides is 2. The Morgan fingerprint density at radius 1 is 0.950 bits per heavy atom. The number of benzene rings is 2. The Hall–Kier alpha value is -2.62. The molecule has 102 valence electrons. The van der Waals surface area contributed by atoms with Crippen molar-refractivity contribution in [1.29, 1.82) is 0 Å². The van der Waals surface area contributed by atoms with Crippen LogP contribution in [0.4, 0.5) is 11.4 Å². The number of aryl methyl sites for hydroxylation is 1. The fourth-order valence-electron chi connectivity index (χ4n) is 1.89. The summed E-state index contributed by atoms with van der Waals surface area (Å²) >= 11 is 0. The minimum atomic E-state index is -0.345. The van der Waals surface area contributed by atoms with Gasteiger partial charge in [-0.1, -0.05) is 17.7 Å². The van der Waals surface area contributed by atoms with E-state index in [1.54, 1.807) is 36.4 Å². The monoisotopic (exact) mass is 268 g/mol. The summed E-state index contributed by atoms with van der Waals surface area (Å²) in [4.78, 5) is 25.4. The van der Waals surface area contributed by atoms with Crippen molar-refractivity contribution in [2.45, 2.75) is 13.8 Å². The van der Waals surface area contributed by atoms with Gasteiger partial charge in [0.05, 0.1) is 5.69 Å². The molecule has 2 aromatic carbocycles. The van der Waals surface area contributed by atoms with Crippen molar-refractivity contribution in [2.24, 2.45) is 0 Å². The fourth-order valence-corrected chi connectivity index (χ4v) is 1.89. The third-order valence-corrected chi connectivity index (χ3v) is 2.97. The van der Waals surface area contributed by atoms with E-state index in [9.17, 15) is 9.59 Å². The maximum Gasteiger partial charge on any atom is 0.265 e. The topological polar surface area (TPSA) is 63.4 Å². The molecule has 2 aromatic rings. The second kappa shape index (κ2) is 5.57. The summed E-state index contributed by atoms with van der Waals surface area (Å²) in [6.07, 6.45) is 0. The summed E-state index contributed by atoms with van der Waals surface area (Å²) in [7, 11) is 0. The molecule has 0 saturated heterocycles. The molecule has 0 spiro atoms. The van der Waals surface area contributed by atoms with Gasteiger partial charge in [0.25, 0.3) is 5.91 Å². The molecule has 2 rings (SSSR count). The summed E-state index contributed by atoms with van der Waals surface area (Å²) in [6.45, 7) is 3.30. The predicted octanol–water partition coefficient (Wildman–Crippen LogP) is 2.77. The Morgan fingerprint density at radius 3 is 2.00 bits per heavy atom. The van der Waals surface area contributed by atoms with Crippen molar-refractivity contribution in [3.05, 3.63) is 59.7 Å². The van der Waals surface area contributed by atoms with Gasteiger partial charge in [-0.2, -0.15) is 0 Å². The third-order valence-electron chi connectivity index (χ3n) is 2.97. The molecular weight excluding hydrogens is 252 g/mol. The van der Waals surface area contributed by atoms with Crippen molar-refractivity contribution < 1.29 is 9.59 Å². The van der Waals surface area contributed by atoms with Crippen LogP contribution >= 0.6 is 0 Å². The van der Waals surface area contributed by atoms with Gasteiger partial charge < -0.3 is 5.73 Å². The van der Waals surface area contributed by atoms with E-state index in [4.69, 9.17) is 5.73 Å². The Balaban J connectivity index is 2.38. The summed E-state index contributed by atoms with van der Waals surface area (Å²) in [5.41, 5.74) is 8.25. The van der Waals surface area contributed by atoms with Gasteiger partial charge in [-0.25, -0.2) is 4.90 Å². The van der Waals surface area contributed by atoms with Gasteiger partial charge in [0.15, 0.2) is 0 Å². The number of anilines is 2. The Labute approximate surface area is 117 Å². The SMILES string of the molecule is CC(=O)N(C(=O)c1ccc(C)cc1)c1ccc(N)cc1. The maximum atomic E-state index is 12.5. The number of carbonyl (C=O) groups excluding carboxylic acids is 2. The molecule has 0 aromatic heterocycles. The number of nitrogens with two attached hydrogens (primary N) is 1. The molecule has 0 unspecified atom stereocenters. The van der Waals surface area contributed by atoms with E-state index in [1.165, 1.54) is 6.92 Å². The lowest BCUT2D eigenvalue weighted by Crippen LogP contribution is -2.35. The highest BCUT2D eigenvalue weighted by Crippen LogP contribution is 2.19. The minimum absolute atomic E-state index is 0.333. The molecule has 0 saturated carbocycles. The highest BCUT2D eigenvalue weighted by molar-refractivity contribution is 6.20. The van der Waals surface area contributed by atoms with E-state index in [2.05, 4.69) is 0 Å². The molecule has 0 aliphatic rings. The van der Waals surface area contributed by atoms with E-state index >= 15 is 0 Å². The van der Waals surface area contributed by atoms with Crippen LogP contribution in [0.1, 0.15) is 22.8 Å². The quantitative estimate of drug-likeness (QED) is 0.852. The first-order chi connectivity index (χ1) is 9.49. The molecule has 4 heteroatoms. The number of nitrogens with zero attached hydrogens (tertiary/aromatic N) is 1. The number of rotatable bonds is 2. The molecule has 2 amide bonds. The van der Waals surface area contributed by atoms with Crippen molar-refractivity contribution in [1.82, 2.24) is 0 Å². The molecule has 2 N–H and O–H groups in total. The number of nitrogen functional groups attached to an aromatic ring is 1. The van der Waals surface area contributed by atoms with Crippen LogP contribution in [0.5, 0.6) is 0 Å². The second-order valence-corrected chi connectivity index (χ2v) is 4.62. The van der Waals surface area contributed by atoms with Crippen LogP contribution < -0.4 is 10.6 Å². The molecule has 0 atom stereocenters. The Morgan fingerprint density at radius 2 is 1.50 bits per heavy atom. The zero-order valence-electron chi connectivity index (χ0n) is 11.5. The predicted molar refractivity (Wildman–Crippen MR) is 79.5 cm³/mol. The van der Waals surface area contributed by atoms with Crippen LogP contribution in [0.25, 0.3) is 0 Å². The van der Waals surface area contributed by atoms with E-state index in [1.807, 2.05) is 19.1 Å². The molecule has 0 bridgehead atoms. The first kappa shape index (κ1) is 13.8. The number of imide groups is 1. The van der Waals surface area contributed by atoms with Crippen LogP contribution in [-0.4, -0.2) is 11.8 Å². The standard InChI is InChI=1S/C16H16N2O2/c1-11-3-5-13(6-4-11)16(20)18(12(2)19)15-9-7-14(17)8-10-15/h3-10H,17H2,1-2H3. The molecule has 0 heterocycles. The van der Waals surface area contributed by atoms with Gasteiger partial charge in [-0.05, 0) is 43.3 Å². The van der Waals surface area contributed by atoms with Gasteiger partial charge >= 0.3 is 0 Å². The van der Waals surface area contributed by atoms with Crippen molar-refractivity contribution >= 4 is 23.2 Å². The van der Waals surface area contributed by atoms with Gasteiger partial charge in [-0.15, -0.1) is 0 Å². The third kappa shape index (κ3) is 2.85. The number of hydrogen-bond acceptors (Lipinski definition) is 3. The van der Waals surface area contributed by atoms with Crippen LogP contribution in [0.2, 0.25) is 0 Å². The number of hydrogen-bond donors (Lipinski definition) is 1. The van der Waals surface area contributed by atoms with Crippen LogP contribution in [-0.2, 0) is 4.79 Å². The van der Waals surface area contributed by atoms with Crippen molar-refractivity contribution in [2.75, 3.05) is 10.6 Å². The van der Waals surface area contributed by atoms with Crippen LogP contribution in [0.15, 0.2) is 48.5 Å². The molecule has 20 heavy (non-hydrogen) atoms. The first-order valence-corrected chi connectivity index (χ1v) is 6.26. The van der Waals surface area contributed by atoms with E-state index in [0.29, 0.717) is 16.9 Å². The van der Waals surface area contributed by atoms with Gasteiger partial charge in [-0.3, -0.25) is 9.59 Å². The highest BCUT2D eigenvalue weighted by atomic mass is 16.2. The maximum absolute atomic E-state index is 12.5. The largest absolute Gasteiger partial charge is 0.399 e. The van der Waals surface area contributed by atoms with Crippen LogP contribution in [0, 0.1) is 6.92 Å². The summed E-state index contributed by atoms with van der Waals surface area (Å²) < 4.78 is 0. The van der Waals surface area contributed by atoms with E-state index in [0.717, 1.165) is 10.5 Å². The van der Waals surface area contributed by atoms with E-state index < -0.39 is 0 Å². The average Bonchev–Trinajstić information content (AvgIpc) is 2.41. The smallest absolute Gasteiger partial charge is 0.265 e. The molecular formula is C16H16N2O2. The second-order valence-electron chi connectivity index (χ2n) is 4.62. The van der Waals surface area contributed by atoms with Crippen molar-refractivity contribution in [3.8, 4) is 0 Å². The Bertz CT molecular complexity index is 631.